The first-order chi connectivity index (χ1) is 11.1. The van der Waals surface area contributed by atoms with Crippen LogP contribution in [0.2, 0.25) is 4.34 Å². The summed E-state index contributed by atoms with van der Waals surface area (Å²) < 4.78 is 8.17. The van der Waals surface area contributed by atoms with Gasteiger partial charge in [0.15, 0.2) is 6.67 Å². The molecule has 0 radical (unpaired) electrons. The molecule has 0 bridgehead atoms. The van der Waals surface area contributed by atoms with E-state index in [1.54, 1.807) is 16.0 Å². The SMILES string of the molecule is C[NH+](Cc1ccc(Cl)s1)Cn1nc(Cc2ccccc2)oc1=S. The minimum Gasteiger partial charge on any atom is -0.413 e. The quantitative estimate of drug-likeness (QED) is 0.680. The van der Waals surface area contributed by atoms with Crippen molar-refractivity contribution in [3.05, 3.63) is 68.0 Å². The first-order valence-electron chi connectivity index (χ1n) is 7.26. The molecular weight excluding hydrogens is 350 g/mol. The molecule has 0 aliphatic carbocycles. The molecular formula is C16H17ClN3OS2+. The van der Waals surface area contributed by atoms with E-state index in [1.165, 1.54) is 9.78 Å². The fourth-order valence-corrected chi connectivity index (χ4v) is 3.75. The molecule has 120 valence electrons. The third-order valence-corrected chi connectivity index (χ3v) is 4.90. The van der Waals surface area contributed by atoms with Crippen LogP contribution in [0.5, 0.6) is 0 Å². The molecule has 0 aliphatic rings. The Kier molecular flexibility index (Phi) is 5.27. The number of nitrogens with one attached hydrogen (secondary N) is 1. The van der Waals surface area contributed by atoms with E-state index >= 15 is 0 Å². The van der Waals surface area contributed by atoms with E-state index in [0.717, 1.165) is 16.4 Å². The predicted octanol–water partition coefficient (Wildman–Crippen LogP) is 3.18. The summed E-state index contributed by atoms with van der Waals surface area (Å²) in [6.07, 6.45) is 0.650. The second-order valence-electron chi connectivity index (χ2n) is 5.42. The van der Waals surface area contributed by atoms with Crippen molar-refractivity contribution < 1.29 is 9.32 Å². The van der Waals surface area contributed by atoms with Gasteiger partial charge in [-0.2, -0.15) is 4.68 Å². The van der Waals surface area contributed by atoms with Crippen molar-refractivity contribution in [1.29, 1.82) is 0 Å². The molecule has 0 amide bonds. The zero-order valence-corrected chi connectivity index (χ0v) is 15.0. The van der Waals surface area contributed by atoms with Gasteiger partial charge in [0.2, 0.25) is 5.89 Å². The molecule has 3 rings (SSSR count). The molecule has 23 heavy (non-hydrogen) atoms. The predicted molar refractivity (Wildman–Crippen MR) is 94.5 cm³/mol. The number of rotatable bonds is 6. The van der Waals surface area contributed by atoms with E-state index < -0.39 is 0 Å². The van der Waals surface area contributed by atoms with Gasteiger partial charge in [0.1, 0.15) is 6.54 Å². The Bertz CT molecular complexity index is 825. The van der Waals surface area contributed by atoms with Gasteiger partial charge in [-0.1, -0.05) is 41.9 Å². The minimum atomic E-state index is 0.416. The van der Waals surface area contributed by atoms with Gasteiger partial charge in [-0.15, -0.1) is 16.4 Å². The Morgan fingerprint density at radius 1 is 1.26 bits per heavy atom. The van der Waals surface area contributed by atoms with Crippen LogP contribution in [0.15, 0.2) is 46.9 Å². The molecule has 1 unspecified atom stereocenters. The molecule has 1 atom stereocenters. The summed E-state index contributed by atoms with van der Waals surface area (Å²) in [5.41, 5.74) is 1.16. The normalized spacial score (nSPS) is 12.4. The fourth-order valence-electron chi connectivity index (χ4n) is 2.35. The number of benzene rings is 1. The number of halogens is 1. The van der Waals surface area contributed by atoms with E-state index in [2.05, 4.69) is 30.3 Å². The lowest BCUT2D eigenvalue weighted by Crippen LogP contribution is -3.06. The van der Waals surface area contributed by atoms with E-state index in [9.17, 15) is 0 Å². The van der Waals surface area contributed by atoms with Gasteiger partial charge in [-0.25, -0.2) is 0 Å². The molecule has 2 heterocycles. The maximum absolute atomic E-state index is 5.97. The van der Waals surface area contributed by atoms with E-state index in [0.29, 0.717) is 23.8 Å². The molecule has 0 aliphatic heterocycles. The van der Waals surface area contributed by atoms with Crippen LogP contribution in [0.4, 0.5) is 0 Å². The van der Waals surface area contributed by atoms with E-state index in [4.69, 9.17) is 28.2 Å². The molecule has 4 nitrogen and oxygen atoms in total. The van der Waals surface area contributed by atoms with Crippen molar-refractivity contribution in [2.75, 3.05) is 7.05 Å². The average molecular weight is 367 g/mol. The number of hydrogen-bond donors (Lipinski definition) is 1. The highest BCUT2D eigenvalue weighted by Crippen LogP contribution is 2.20. The largest absolute Gasteiger partial charge is 0.413 e. The minimum absolute atomic E-state index is 0.416. The van der Waals surface area contributed by atoms with Crippen LogP contribution in [-0.2, 0) is 19.6 Å². The van der Waals surface area contributed by atoms with Crippen LogP contribution in [-0.4, -0.2) is 16.8 Å². The molecule has 0 saturated heterocycles. The van der Waals surface area contributed by atoms with E-state index in [1.807, 2.05) is 24.3 Å². The lowest BCUT2D eigenvalue weighted by molar-refractivity contribution is -0.917. The number of hydrogen-bond acceptors (Lipinski definition) is 4. The van der Waals surface area contributed by atoms with Crippen molar-refractivity contribution in [1.82, 2.24) is 9.78 Å². The van der Waals surface area contributed by atoms with Gasteiger partial charge < -0.3 is 9.32 Å². The smallest absolute Gasteiger partial charge is 0.291 e. The van der Waals surface area contributed by atoms with Crippen LogP contribution < -0.4 is 4.90 Å². The molecule has 1 N–H and O–H groups in total. The average Bonchev–Trinajstić information content (AvgIpc) is 3.06. The van der Waals surface area contributed by atoms with Crippen LogP contribution in [0.1, 0.15) is 16.3 Å². The van der Waals surface area contributed by atoms with Gasteiger partial charge in [0.25, 0.3) is 4.84 Å². The monoisotopic (exact) mass is 366 g/mol. The molecule has 7 heteroatoms. The maximum atomic E-state index is 5.97. The Hall–Kier alpha value is -1.47. The maximum Gasteiger partial charge on any atom is 0.291 e. The first-order valence-corrected chi connectivity index (χ1v) is 8.86. The molecule has 2 aromatic heterocycles. The summed E-state index contributed by atoms with van der Waals surface area (Å²) in [6, 6.07) is 14.1. The second kappa shape index (κ2) is 7.40. The van der Waals surface area contributed by atoms with Gasteiger partial charge in [0, 0.05) is 0 Å². The zero-order chi connectivity index (χ0) is 16.2. The number of thiophene rings is 1. The van der Waals surface area contributed by atoms with Crippen molar-refractivity contribution in [3.8, 4) is 0 Å². The molecule has 0 fully saturated rings. The summed E-state index contributed by atoms with van der Waals surface area (Å²) in [7, 11) is 2.10. The molecule has 0 saturated carbocycles. The Morgan fingerprint density at radius 3 is 2.74 bits per heavy atom. The number of nitrogens with zero attached hydrogens (tertiary/aromatic N) is 2. The first kappa shape index (κ1) is 16.4. The summed E-state index contributed by atoms with van der Waals surface area (Å²) in [5, 5.41) is 4.49. The lowest BCUT2D eigenvalue weighted by Gasteiger charge is -2.11. The topological polar surface area (TPSA) is 35.4 Å². The number of aromatic nitrogens is 2. The third-order valence-electron chi connectivity index (χ3n) is 3.37. The third kappa shape index (κ3) is 4.51. The van der Waals surface area contributed by atoms with Crippen molar-refractivity contribution in [3.63, 3.8) is 0 Å². The standard InChI is InChI=1S/C16H16ClN3OS2/c1-19(10-13-7-8-14(17)23-13)11-20-16(22)21-15(18-20)9-12-5-3-2-4-6-12/h2-8H,9-11H2,1H3/p+1. The van der Waals surface area contributed by atoms with Gasteiger partial charge in [-0.3, -0.25) is 0 Å². The summed E-state index contributed by atoms with van der Waals surface area (Å²) in [6.45, 7) is 1.53. The zero-order valence-electron chi connectivity index (χ0n) is 12.7. The molecule has 3 aromatic rings. The summed E-state index contributed by atoms with van der Waals surface area (Å²) in [5.74, 6) is 0.646. The Morgan fingerprint density at radius 2 is 2.04 bits per heavy atom. The Labute approximate surface area is 148 Å². The van der Waals surface area contributed by atoms with E-state index in [-0.39, 0.29) is 0 Å². The van der Waals surface area contributed by atoms with Crippen molar-refractivity contribution >= 4 is 35.2 Å². The highest BCUT2D eigenvalue weighted by Gasteiger charge is 2.12. The van der Waals surface area contributed by atoms with Crippen LogP contribution in [0.3, 0.4) is 0 Å². The second-order valence-corrected chi connectivity index (χ2v) is 7.57. The molecule has 0 spiro atoms. The van der Waals surface area contributed by atoms with Crippen LogP contribution >= 0.6 is 35.2 Å². The van der Waals surface area contributed by atoms with Gasteiger partial charge >= 0.3 is 0 Å². The van der Waals surface area contributed by atoms with Crippen LogP contribution in [0, 0.1) is 4.84 Å². The van der Waals surface area contributed by atoms with Gasteiger partial charge in [-0.05, 0) is 29.9 Å². The fraction of sp³-hybridized carbons (Fsp3) is 0.250. The Balaban J connectivity index is 1.65. The summed E-state index contributed by atoms with van der Waals surface area (Å²) in [4.78, 5) is 2.92. The number of quaternary nitrogens is 1. The lowest BCUT2D eigenvalue weighted by atomic mass is 10.2. The highest BCUT2D eigenvalue weighted by atomic mass is 35.5. The highest BCUT2D eigenvalue weighted by molar-refractivity contribution is 7.71. The molecule has 1 aromatic carbocycles. The van der Waals surface area contributed by atoms with Crippen molar-refractivity contribution in [2.45, 2.75) is 19.6 Å². The summed E-state index contributed by atoms with van der Waals surface area (Å²) >= 11 is 12.9. The van der Waals surface area contributed by atoms with Gasteiger partial charge in [0.05, 0.1) is 22.7 Å². The van der Waals surface area contributed by atoms with Crippen molar-refractivity contribution in [2.24, 2.45) is 0 Å². The van der Waals surface area contributed by atoms with Crippen LogP contribution in [0.25, 0.3) is 0 Å².